The molecule has 1 aromatic heterocycles. The Kier molecular flexibility index (Phi) is 3.46. The third-order valence-corrected chi connectivity index (χ3v) is 3.81. The highest BCUT2D eigenvalue weighted by Gasteiger charge is 2.20. The van der Waals surface area contributed by atoms with Gasteiger partial charge >= 0.3 is 0 Å². The van der Waals surface area contributed by atoms with Crippen LogP contribution in [0, 0.1) is 6.92 Å². The molecule has 0 aliphatic carbocycles. The maximum absolute atomic E-state index is 4.38. The topological polar surface area (TPSA) is 29.0 Å². The van der Waals surface area contributed by atoms with Gasteiger partial charge in [0.2, 0.25) is 5.95 Å². The highest BCUT2D eigenvalue weighted by molar-refractivity contribution is 7.99. The number of rotatable bonds is 2. The molecule has 1 aliphatic rings. The van der Waals surface area contributed by atoms with Crippen LogP contribution in [0.2, 0.25) is 0 Å². The van der Waals surface area contributed by atoms with Crippen LogP contribution in [0.25, 0.3) is 0 Å². The molecule has 1 atom stereocenters. The lowest BCUT2D eigenvalue weighted by atomic mass is 10.1. The van der Waals surface area contributed by atoms with Crippen LogP contribution in [0.1, 0.15) is 18.4 Å². The van der Waals surface area contributed by atoms with Gasteiger partial charge in [-0.05, 0) is 31.6 Å². The first-order chi connectivity index (χ1) is 7.29. The third-order valence-electron chi connectivity index (χ3n) is 2.76. The number of anilines is 1. The summed E-state index contributed by atoms with van der Waals surface area (Å²) in [5, 5.41) is 0.739. The van der Waals surface area contributed by atoms with E-state index in [0.717, 1.165) is 29.9 Å². The van der Waals surface area contributed by atoms with E-state index in [2.05, 4.69) is 21.1 Å². The maximum atomic E-state index is 4.38. The lowest BCUT2D eigenvalue weighted by molar-refractivity contribution is 0.580. The summed E-state index contributed by atoms with van der Waals surface area (Å²) in [6.07, 6.45) is 8.55. The minimum Gasteiger partial charge on any atom is -0.340 e. The van der Waals surface area contributed by atoms with Gasteiger partial charge in [-0.25, -0.2) is 9.97 Å². The smallest absolute Gasteiger partial charge is 0.225 e. The van der Waals surface area contributed by atoms with E-state index in [1.54, 1.807) is 0 Å². The van der Waals surface area contributed by atoms with E-state index in [0.29, 0.717) is 0 Å². The molecule has 15 heavy (non-hydrogen) atoms. The molecule has 3 nitrogen and oxygen atoms in total. The van der Waals surface area contributed by atoms with Crippen LogP contribution in [0.5, 0.6) is 0 Å². The van der Waals surface area contributed by atoms with Gasteiger partial charge in [-0.15, -0.1) is 0 Å². The average molecular weight is 223 g/mol. The van der Waals surface area contributed by atoms with E-state index >= 15 is 0 Å². The zero-order valence-electron chi connectivity index (χ0n) is 9.31. The van der Waals surface area contributed by atoms with Gasteiger partial charge in [-0.1, -0.05) is 0 Å². The zero-order chi connectivity index (χ0) is 10.7. The highest BCUT2D eigenvalue weighted by Crippen LogP contribution is 2.22. The van der Waals surface area contributed by atoms with Crippen molar-refractivity contribution >= 4 is 17.7 Å². The number of aromatic nitrogens is 2. The van der Waals surface area contributed by atoms with Gasteiger partial charge < -0.3 is 4.90 Å². The normalized spacial score (nSPS) is 21.7. The molecule has 0 spiro atoms. The molecule has 2 rings (SSSR count). The van der Waals surface area contributed by atoms with Crippen LogP contribution in [0.4, 0.5) is 5.95 Å². The van der Waals surface area contributed by atoms with E-state index in [9.17, 15) is 0 Å². The van der Waals surface area contributed by atoms with E-state index in [1.807, 2.05) is 31.1 Å². The van der Waals surface area contributed by atoms with E-state index in [1.165, 1.54) is 12.8 Å². The fourth-order valence-corrected chi connectivity index (χ4v) is 2.59. The summed E-state index contributed by atoms with van der Waals surface area (Å²) < 4.78 is 0. The lowest BCUT2D eigenvalue weighted by Gasteiger charge is -2.31. The molecule has 0 bridgehead atoms. The number of piperidine rings is 1. The SMILES string of the molecule is CSC1CCCN(c2ncc(C)cn2)C1. The summed E-state index contributed by atoms with van der Waals surface area (Å²) in [7, 11) is 0. The van der Waals surface area contributed by atoms with Crippen molar-refractivity contribution in [2.24, 2.45) is 0 Å². The van der Waals surface area contributed by atoms with Crippen molar-refractivity contribution in [2.45, 2.75) is 25.0 Å². The summed E-state index contributed by atoms with van der Waals surface area (Å²) in [6, 6.07) is 0. The molecule has 0 radical (unpaired) electrons. The van der Waals surface area contributed by atoms with Crippen molar-refractivity contribution in [1.82, 2.24) is 9.97 Å². The van der Waals surface area contributed by atoms with Crippen LogP contribution in [-0.4, -0.2) is 34.6 Å². The van der Waals surface area contributed by atoms with Crippen LogP contribution >= 0.6 is 11.8 Å². The second-order valence-corrected chi connectivity index (χ2v) is 5.14. The van der Waals surface area contributed by atoms with Gasteiger partial charge in [0.1, 0.15) is 0 Å². The Bertz CT molecular complexity index is 312. The largest absolute Gasteiger partial charge is 0.340 e. The number of thioether (sulfide) groups is 1. The fraction of sp³-hybridized carbons (Fsp3) is 0.636. The van der Waals surface area contributed by atoms with Crippen molar-refractivity contribution in [3.05, 3.63) is 18.0 Å². The summed E-state index contributed by atoms with van der Waals surface area (Å²) in [6.45, 7) is 4.20. The molecule has 82 valence electrons. The summed E-state index contributed by atoms with van der Waals surface area (Å²) in [5.41, 5.74) is 1.12. The van der Waals surface area contributed by atoms with Crippen LogP contribution in [0.3, 0.4) is 0 Å². The molecule has 0 saturated carbocycles. The lowest BCUT2D eigenvalue weighted by Crippen LogP contribution is -2.37. The first-order valence-electron chi connectivity index (χ1n) is 5.36. The summed E-state index contributed by atoms with van der Waals surface area (Å²) in [4.78, 5) is 11.0. The van der Waals surface area contributed by atoms with Crippen LogP contribution in [0.15, 0.2) is 12.4 Å². The molecule has 0 N–H and O–H groups in total. The molecule has 1 aromatic rings. The second kappa shape index (κ2) is 4.84. The van der Waals surface area contributed by atoms with Crippen LogP contribution < -0.4 is 4.90 Å². The summed E-state index contributed by atoms with van der Waals surface area (Å²) >= 11 is 1.95. The summed E-state index contributed by atoms with van der Waals surface area (Å²) in [5.74, 6) is 0.888. The third kappa shape index (κ3) is 2.62. The Labute approximate surface area is 95.3 Å². The average Bonchev–Trinajstić information content (AvgIpc) is 2.30. The van der Waals surface area contributed by atoms with Crippen LogP contribution in [-0.2, 0) is 0 Å². The van der Waals surface area contributed by atoms with Gasteiger partial charge in [0.05, 0.1) is 0 Å². The highest BCUT2D eigenvalue weighted by atomic mass is 32.2. The Balaban J connectivity index is 2.06. The van der Waals surface area contributed by atoms with E-state index in [-0.39, 0.29) is 0 Å². The van der Waals surface area contributed by atoms with Gasteiger partial charge in [0, 0.05) is 30.7 Å². The van der Waals surface area contributed by atoms with E-state index in [4.69, 9.17) is 0 Å². The molecule has 4 heteroatoms. The second-order valence-electron chi connectivity index (χ2n) is 4.01. The maximum Gasteiger partial charge on any atom is 0.225 e. The Morgan fingerprint density at radius 3 is 2.80 bits per heavy atom. The Morgan fingerprint density at radius 2 is 2.13 bits per heavy atom. The Morgan fingerprint density at radius 1 is 1.40 bits per heavy atom. The van der Waals surface area contributed by atoms with Crippen molar-refractivity contribution in [1.29, 1.82) is 0 Å². The van der Waals surface area contributed by atoms with Gasteiger partial charge in [-0.2, -0.15) is 11.8 Å². The molecular weight excluding hydrogens is 206 g/mol. The Hall–Kier alpha value is -0.770. The predicted molar refractivity (Wildman–Crippen MR) is 65.5 cm³/mol. The number of aryl methyl sites for hydroxylation is 1. The number of nitrogens with zero attached hydrogens (tertiary/aromatic N) is 3. The minimum atomic E-state index is 0.739. The van der Waals surface area contributed by atoms with Crippen molar-refractivity contribution in [3.8, 4) is 0 Å². The molecule has 0 aromatic carbocycles. The monoisotopic (exact) mass is 223 g/mol. The molecule has 2 heterocycles. The molecular formula is C11H17N3S. The van der Waals surface area contributed by atoms with Gasteiger partial charge in [-0.3, -0.25) is 0 Å². The standard InChI is InChI=1S/C11H17N3S/c1-9-6-12-11(13-7-9)14-5-3-4-10(8-14)15-2/h6-7,10H,3-5,8H2,1-2H3. The minimum absolute atomic E-state index is 0.739. The molecule has 0 amide bonds. The number of hydrogen-bond donors (Lipinski definition) is 0. The quantitative estimate of drug-likeness (QED) is 0.768. The van der Waals surface area contributed by atoms with E-state index < -0.39 is 0 Å². The molecule has 1 saturated heterocycles. The molecule has 1 aliphatic heterocycles. The fourth-order valence-electron chi connectivity index (χ4n) is 1.86. The van der Waals surface area contributed by atoms with Crippen molar-refractivity contribution < 1.29 is 0 Å². The number of hydrogen-bond acceptors (Lipinski definition) is 4. The van der Waals surface area contributed by atoms with Crippen molar-refractivity contribution in [2.75, 3.05) is 24.2 Å². The molecule has 1 unspecified atom stereocenters. The first-order valence-corrected chi connectivity index (χ1v) is 6.65. The first kappa shape index (κ1) is 10.7. The zero-order valence-corrected chi connectivity index (χ0v) is 10.1. The predicted octanol–water partition coefficient (Wildman–Crippen LogP) is 2.12. The van der Waals surface area contributed by atoms with Crippen molar-refractivity contribution in [3.63, 3.8) is 0 Å². The van der Waals surface area contributed by atoms with Gasteiger partial charge in [0.25, 0.3) is 0 Å². The van der Waals surface area contributed by atoms with Gasteiger partial charge in [0.15, 0.2) is 0 Å². The molecule has 1 fully saturated rings.